The van der Waals surface area contributed by atoms with Crippen LogP contribution in [0.4, 0.5) is 19.1 Å². The number of aromatic nitrogens is 5. The minimum absolute atomic E-state index is 0.0219. The number of nitrogens with zero attached hydrogens (tertiary/aromatic N) is 4. The predicted octanol–water partition coefficient (Wildman–Crippen LogP) is 3.33. The SMILES string of the molecule is FC(F)(F)c1ncccc1Sc1cnc2nc(NCC3CCCNC3)[nH]c2n1. The number of pyridine rings is 1. The molecule has 1 aliphatic heterocycles. The standard InChI is InChI=1S/C17H18F3N7S/c18-17(19,20)13-11(4-2-6-22-13)28-12-9-23-14-15(25-12)27-16(26-14)24-8-10-3-1-5-21-7-10/h2,4,6,9-10,21H,1,3,5,7-8H2,(H2,23,24,25,26,27). The maximum atomic E-state index is 13.1. The van der Waals surface area contributed by atoms with Gasteiger partial charge in [-0.3, -0.25) is 4.98 Å². The van der Waals surface area contributed by atoms with Crippen molar-refractivity contribution in [1.29, 1.82) is 0 Å². The molecule has 0 saturated carbocycles. The van der Waals surface area contributed by atoms with Gasteiger partial charge in [-0.25, -0.2) is 9.97 Å². The smallest absolute Gasteiger partial charge is 0.355 e. The van der Waals surface area contributed by atoms with E-state index in [9.17, 15) is 13.2 Å². The Labute approximate surface area is 163 Å². The quantitative estimate of drug-likeness (QED) is 0.595. The zero-order valence-electron chi connectivity index (χ0n) is 14.8. The van der Waals surface area contributed by atoms with Crippen LogP contribution in [-0.2, 0) is 6.18 Å². The van der Waals surface area contributed by atoms with Crippen LogP contribution in [0.2, 0.25) is 0 Å². The van der Waals surface area contributed by atoms with Crippen molar-refractivity contribution in [3.8, 4) is 0 Å². The minimum atomic E-state index is -4.53. The second-order valence-corrected chi connectivity index (χ2v) is 7.57. The number of hydrogen-bond acceptors (Lipinski definition) is 7. The Morgan fingerprint density at radius 2 is 2.14 bits per heavy atom. The first-order valence-electron chi connectivity index (χ1n) is 8.86. The van der Waals surface area contributed by atoms with Crippen molar-refractivity contribution < 1.29 is 13.2 Å². The zero-order valence-corrected chi connectivity index (χ0v) is 15.6. The van der Waals surface area contributed by atoms with Gasteiger partial charge in [0.2, 0.25) is 5.95 Å². The van der Waals surface area contributed by atoms with Crippen LogP contribution in [0.5, 0.6) is 0 Å². The van der Waals surface area contributed by atoms with E-state index in [1.165, 1.54) is 18.3 Å². The van der Waals surface area contributed by atoms with E-state index in [4.69, 9.17) is 0 Å². The van der Waals surface area contributed by atoms with Gasteiger partial charge in [0.1, 0.15) is 5.03 Å². The molecule has 7 nitrogen and oxygen atoms in total. The topological polar surface area (TPSA) is 91.4 Å². The van der Waals surface area contributed by atoms with Crippen LogP contribution in [0.1, 0.15) is 18.5 Å². The third-order valence-corrected chi connectivity index (χ3v) is 5.35. The van der Waals surface area contributed by atoms with E-state index in [-0.39, 0.29) is 4.90 Å². The molecule has 1 aliphatic rings. The molecule has 28 heavy (non-hydrogen) atoms. The van der Waals surface area contributed by atoms with Crippen molar-refractivity contribution in [2.75, 3.05) is 25.0 Å². The highest BCUT2D eigenvalue weighted by Crippen LogP contribution is 2.37. The molecule has 0 bridgehead atoms. The number of halogens is 3. The van der Waals surface area contributed by atoms with Gasteiger partial charge in [-0.05, 0) is 44.0 Å². The fraction of sp³-hybridized carbons (Fsp3) is 0.412. The van der Waals surface area contributed by atoms with Crippen LogP contribution in [0.15, 0.2) is 34.4 Å². The maximum absolute atomic E-state index is 13.1. The third-order valence-electron chi connectivity index (χ3n) is 4.40. The summed E-state index contributed by atoms with van der Waals surface area (Å²) in [5.41, 5.74) is -0.0995. The van der Waals surface area contributed by atoms with Crippen molar-refractivity contribution >= 4 is 29.0 Å². The van der Waals surface area contributed by atoms with Crippen molar-refractivity contribution in [3.63, 3.8) is 0 Å². The number of H-pyrrole nitrogens is 1. The van der Waals surface area contributed by atoms with E-state index >= 15 is 0 Å². The molecule has 3 aromatic rings. The molecule has 0 aromatic carbocycles. The molecule has 0 radical (unpaired) electrons. The molecule has 0 amide bonds. The van der Waals surface area contributed by atoms with E-state index < -0.39 is 11.9 Å². The average Bonchev–Trinajstić information content (AvgIpc) is 3.09. The Morgan fingerprint density at radius 3 is 2.93 bits per heavy atom. The molecule has 3 N–H and O–H groups in total. The minimum Gasteiger partial charge on any atom is -0.355 e. The van der Waals surface area contributed by atoms with Crippen molar-refractivity contribution in [2.45, 2.75) is 28.9 Å². The maximum Gasteiger partial charge on any atom is 0.434 e. The largest absolute Gasteiger partial charge is 0.434 e. The number of hydrogen-bond donors (Lipinski definition) is 3. The van der Waals surface area contributed by atoms with Crippen LogP contribution >= 0.6 is 11.8 Å². The van der Waals surface area contributed by atoms with E-state index in [1.807, 2.05) is 0 Å². The van der Waals surface area contributed by atoms with E-state index in [1.54, 1.807) is 0 Å². The molecule has 1 unspecified atom stereocenters. The molecule has 0 aliphatic carbocycles. The molecule has 1 fully saturated rings. The molecule has 0 spiro atoms. The highest BCUT2D eigenvalue weighted by atomic mass is 32.2. The summed E-state index contributed by atoms with van der Waals surface area (Å²) in [6, 6.07) is 2.83. The third kappa shape index (κ3) is 4.36. The van der Waals surface area contributed by atoms with Gasteiger partial charge in [0.25, 0.3) is 0 Å². The Kier molecular flexibility index (Phi) is 5.36. The van der Waals surface area contributed by atoms with Crippen LogP contribution in [0.3, 0.4) is 0 Å². The number of fused-ring (bicyclic) bond motifs is 1. The van der Waals surface area contributed by atoms with Crippen LogP contribution < -0.4 is 10.6 Å². The zero-order chi connectivity index (χ0) is 19.6. The molecule has 4 heterocycles. The number of anilines is 1. The van der Waals surface area contributed by atoms with Crippen molar-refractivity contribution in [2.24, 2.45) is 5.92 Å². The fourth-order valence-corrected chi connectivity index (χ4v) is 3.93. The summed E-state index contributed by atoms with van der Waals surface area (Å²) in [5.74, 6) is 1.08. The van der Waals surface area contributed by atoms with Gasteiger partial charge in [-0.2, -0.15) is 18.2 Å². The first-order chi connectivity index (χ1) is 13.5. The molecule has 4 rings (SSSR count). The van der Waals surface area contributed by atoms with E-state index in [0.717, 1.165) is 50.4 Å². The van der Waals surface area contributed by atoms with Crippen LogP contribution in [0, 0.1) is 5.92 Å². The number of piperidine rings is 1. The Balaban J connectivity index is 1.49. The van der Waals surface area contributed by atoms with Gasteiger partial charge < -0.3 is 15.6 Å². The molecule has 1 saturated heterocycles. The van der Waals surface area contributed by atoms with Gasteiger partial charge in [-0.1, -0.05) is 11.8 Å². The first-order valence-corrected chi connectivity index (χ1v) is 9.68. The summed E-state index contributed by atoms with van der Waals surface area (Å²) >= 11 is 0.869. The predicted molar refractivity (Wildman–Crippen MR) is 99.1 cm³/mol. The highest BCUT2D eigenvalue weighted by molar-refractivity contribution is 7.99. The summed E-state index contributed by atoms with van der Waals surface area (Å²) in [7, 11) is 0. The summed E-state index contributed by atoms with van der Waals surface area (Å²) in [6.45, 7) is 2.80. The Bertz CT molecular complexity index is 953. The molecule has 3 aromatic heterocycles. The number of alkyl halides is 3. The lowest BCUT2D eigenvalue weighted by Gasteiger charge is -2.22. The lowest BCUT2D eigenvalue weighted by molar-refractivity contribution is -0.143. The fourth-order valence-electron chi connectivity index (χ4n) is 3.05. The molecular weight excluding hydrogens is 391 g/mol. The molecule has 148 valence electrons. The van der Waals surface area contributed by atoms with Gasteiger partial charge in [0.15, 0.2) is 17.0 Å². The monoisotopic (exact) mass is 409 g/mol. The number of imidazole rings is 1. The lowest BCUT2D eigenvalue weighted by Crippen LogP contribution is -2.33. The summed E-state index contributed by atoms with van der Waals surface area (Å²) in [4.78, 5) is 19.4. The van der Waals surface area contributed by atoms with Crippen molar-refractivity contribution in [3.05, 3.63) is 30.2 Å². The van der Waals surface area contributed by atoms with Crippen LogP contribution in [0.25, 0.3) is 11.3 Å². The summed E-state index contributed by atoms with van der Waals surface area (Å²) < 4.78 is 39.3. The summed E-state index contributed by atoms with van der Waals surface area (Å²) in [5, 5.41) is 6.94. The van der Waals surface area contributed by atoms with E-state index in [0.29, 0.717) is 28.2 Å². The Morgan fingerprint density at radius 1 is 1.25 bits per heavy atom. The molecule has 11 heteroatoms. The second kappa shape index (κ2) is 7.92. The Hall–Kier alpha value is -2.40. The van der Waals surface area contributed by atoms with Gasteiger partial charge in [0, 0.05) is 17.6 Å². The first kappa shape index (κ1) is 18.9. The van der Waals surface area contributed by atoms with Gasteiger partial charge in [0.05, 0.1) is 6.20 Å². The highest BCUT2D eigenvalue weighted by Gasteiger charge is 2.35. The lowest BCUT2D eigenvalue weighted by atomic mass is 10.00. The number of rotatable bonds is 5. The normalized spacial score (nSPS) is 17.8. The summed E-state index contributed by atoms with van der Waals surface area (Å²) in [6.07, 6.45) is 0.320. The van der Waals surface area contributed by atoms with Gasteiger partial charge in [-0.15, -0.1) is 0 Å². The van der Waals surface area contributed by atoms with Crippen LogP contribution in [-0.4, -0.2) is 44.6 Å². The average molecular weight is 409 g/mol. The number of nitrogens with one attached hydrogen (secondary N) is 3. The van der Waals surface area contributed by atoms with E-state index in [2.05, 4.69) is 35.6 Å². The second-order valence-electron chi connectivity index (χ2n) is 6.51. The number of aromatic amines is 1. The molecular formula is C17H18F3N7S. The van der Waals surface area contributed by atoms with Gasteiger partial charge >= 0.3 is 6.18 Å². The van der Waals surface area contributed by atoms with Crippen molar-refractivity contribution in [1.82, 2.24) is 30.2 Å². The molecule has 1 atom stereocenters.